The molecule has 5 aliphatic rings. The molecule has 0 spiro atoms. The summed E-state index contributed by atoms with van der Waals surface area (Å²) in [5.74, 6) is 2.69. The van der Waals surface area contributed by atoms with Crippen LogP contribution in [0.25, 0.3) is 65.7 Å². The molecule has 12 rings (SSSR count). The molecule has 4 saturated carbocycles. The lowest BCUT2D eigenvalue weighted by molar-refractivity contribution is -0.00382. The average molecular weight is 631 g/mol. The van der Waals surface area contributed by atoms with Crippen LogP contribution in [0.15, 0.2) is 127 Å². The van der Waals surface area contributed by atoms with Gasteiger partial charge in [0.05, 0.1) is 0 Å². The van der Waals surface area contributed by atoms with E-state index in [4.69, 9.17) is 0 Å². The fourth-order valence-corrected chi connectivity index (χ4v) is 12.0. The lowest BCUT2D eigenvalue weighted by atomic mass is 9.47. The zero-order valence-electron chi connectivity index (χ0n) is 28.6. The van der Waals surface area contributed by atoms with Crippen molar-refractivity contribution >= 4 is 32.3 Å². The molecule has 0 atom stereocenters. The Labute approximate surface area is 289 Å². The maximum Gasteiger partial charge on any atom is 0.0159 e. The summed E-state index contributed by atoms with van der Waals surface area (Å²) in [5, 5.41) is 8.42. The van der Waals surface area contributed by atoms with Crippen molar-refractivity contribution < 1.29 is 0 Å². The van der Waals surface area contributed by atoms with E-state index in [2.05, 4.69) is 141 Å². The predicted octanol–water partition coefficient (Wildman–Crippen LogP) is 13.3. The van der Waals surface area contributed by atoms with Crippen LogP contribution in [0.4, 0.5) is 0 Å². The van der Waals surface area contributed by atoms with Gasteiger partial charge >= 0.3 is 0 Å². The van der Waals surface area contributed by atoms with Gasteiger partial charge in [-0.15, -0.1) is 0 Å². The van der Waals surface area contributed by atoms with E-state index in [1.54, 1.807) is 5.56 Å². The number of hydrogen-bond donors (Lipinski definition) is 0. The summed E-state index contributed by atoms with van der Waals surface area (Å²) < 4.78 is 0. The standard InChI is InChI=1S/C49H42/c1-48(2)43-16-8-7-14-40(43)46-41(15-9-17-44(46)48)45-37-12-5-6-13-38(37)47(49-27-30-22-31(28-49)24-32(23-30)29-49)39-21-20-36(26-42(39)45)35-19-18-33-10-3-4-11-34(33)25-35/h3-21,25-26,30-32H,22-24,27-29H2,1-2H3. The Morgan fingerprint density at radius 2 is 1.04 bits per heavy atom. The fraction of sp³-hybridized carbons (Fsp3) is 0.265. The normalized spacial score (nSPS) is 24.5. The molecule has 0 radical (unpaired) electrons. The molecule has 0 amide bonds. The van der Waals surface area contributed by atoms with Gasteiger partial charge in [0, 0.05) is 5.41 Å². The van der Waals surface area contributed by atoms with Crippen molar-refractivity contribution in [2.75, 3.05) is 0 Å². The van der Waals surface area contributed by atoms with Crippen molar-refractivity contribution in [3.8, 4) is 33.4 Å². The van der Waals surface area contributed by atoms with E-state index in [-0.39, 0.29) is 10.8 Å². The van der Waals surface area contributed by atoms with Gasteiger partial charge in [-0.3, -0.25) is 0 Å². The first-order chi connectivity index (χ1) is 24.0. The third-order valence-corrected chi connectivity index (χ3v) is 13.6. The lowest BCUT2D eigenvalue weighted by Gasteiger charge is -2.57. The first kappa shape index (κ1) is 28.2. The average Bonchev–Trinajstić information content (AvgIpc) is 3.36. The second-order valence-electron chi connectivity index (χ2n) is 16.7. The SMILES string of the molecule is CC1(C)c2ccccc2-c2c(-c3c4ccccc4c(C45CC6CC(CC(C6)C4)C5)c4ccc(-c5ccc6ccccc6c5)cc34)cccc21. The predicted molar refractivity (Wildman–Crippen MR) is 207 cm³/mol. The minimum absolute atomic E-state index is 0.0388. The quantitative estimate of drug-likeness (QED) is 0.170. The second-order valence-corrected chi connectivity index (χ2v) is 16.7. The first-order valence-corrected chi connectivity index (χ1v) is 18.7. The lowest BCUT2D eigenvalue weighted by Crippen LogP contribution is -2.48. The summed E-state index contributed by atoms with van der Waals surface area (Å²) in [6, 6.07) is 49.1. The molecule has 238 valence electrons. The molecule has 0 aromatic heterocycles. The van der Waals surface area contributed by atoms with Crippen LogP contribution in [0.3, 0.4) is 0 Å². The van der Waals surface area contributed by atoms with Crippen molar-refractivity contribution in [2.24, 2.45) is 17.8 Å². The Morgan fingerprint density at radius 1 is 0.449 bits per heavy atom. The van der Waals surface area contributed by atoms with Gasteiger partial charge in [-0.1, -0.05) is 129 Å². The van der Waals surface area contributed by atoms with Gasteiger partial charge in [-0.2, -0.15) is 0 Å². The van der Waals surface area contributed by atoms with Gasteiger partial charge in [0.2, 0.25) is 0 Å². The highest BCUT2D eigenvalue weighted by Crippen LogP contribution is 2.63. The topological polar surface area (TPSA) is 0 Å². The van der Waals surface area contributed by atoms with E-state index in [0.29, 0.717) is 0 Å². The second kappa shape index (κ2) is 9.95. The first-order valence-electron chi connectivity index (χ1n) is 18.7. The van der Waals surface area contributed by atoms with Crippen molar-refractivity contribution in [3.63, 3.8) is 0 Å². The molecule has 0 saturated heterocycles. The highest BCUT2D eigenvalue weighted by Gasteiger charge is 2.52. The minimum atomic E-state index is -0.0388. The molecule has 0 heterocycles. The van der Waals surface area contributed by atoms with Crippen LogP contribution >= 0.6 is 0 Å². The van der Waals surface area contributed by atoms with Crippen LogP contribution in [-0.4, -0.2) is 0 Å². The molecule has 4 fully saturated rings. The number of rotatable bonds is 3. The van der Waals surface area contributed by atoms with Crippen molar-refractivity contribution in [3.05, 3.63) is 144 Å². The van der Waals surface area contributed by atoms with Crippen LogP contribution < -0.4 is 0 Å². The van der Waals surface area contributed by atoms with Crippen LogP contribution in [0.1, 0.15) is 69.1 Å². The summed E-state index contributed by atoms with van der Waals surface area (Å²) in [6.07, 6.45) is 8.49. The van der Waals surface area contributed by atoms with Gasteiger partial charge in [-0.25, -0.2) is 0 Å². The molecule has 0 unspecified atom stereocenters. The number of fused-ring (bicyclic) bond motifs is 6. The molecule has 0 nitrogen and oxygen atoms in total. The van der Waals surface area contributed by atoms with Crippen LogP contribution in [0.2, 0.25) is 0 Å². The number of hydrogen-bond acceptors (Lipinski definition) is 0. The highest BCUT2D eigenvalue weighted by molar-refractivity contribution is 6.18. The van der Waals surface area contributed by atoms with E-state index in [0.717, 1.165) is 17.8 Å². The Bertz CT molecular complexity index is 2470. The van der Waals surface area contributed by atoms with Gasteiger partial charge in [0.15, 0.2) is 0 Å². The zero-order chi connectivity index (χ0) is 32.5. The summed E-state index contributed by atoms with van der Waals surface area (Å²) >= 11 is 0. The van der Waals surface area contributed by atoms with Crippen molar-refractivity contribution in [2.45, 2.75) is 63.2 Å². The Hall–Kier alpha value is -4.68. The Morgan fingerprint density at radius 3 is 1.84 bits per heavy atom. The molecule has 7 aromatic rings. The summed E-state index contributed by atoms with van der Waals surface area (Å²) in [6.45, 7) is 4.82. The summed E-state index contributed by atoms with van der Waals surface area (Å²) in [5.41, 5.74) is 13.0. The van der Waals surface area contributed by atoms with E-state index in [9.17, 15) is 0 Å². The molecule has 0 heteroatoms. The molecular formula is C49H42. The van der Waals surface area contributed by atoms with Crippen LogP contribution in [-0.2, 0) is 10.8 Å². The van der Waals surface area contributed by atoms with E-state index in [1.165, 1.54) is 115 Å². The molecule has 0 N–H and O–H groups in total. The van der Waals surface area contributed by atoms with Gasteiger partial charge in [0.1, 0.15) is 0 Å². The van der Waals surface area contributed by atoms with Crippen molar-refractivity contribution in [1.82, 2.24) is 0 Å². The minimum Gasteiger partial charge on any atom is -0.0619 e. The maximum atomic E-state index is 2.57. The van der Waals surface area contributed by atoms with E-state index < -0.39 is 0 Å². The molecule has 5 aliphatic carbocycles. The number of benzene rings is 7. The third-order valence-electron chi connectivity index (χ3n) is 13.6. The molecule has 4 bridgehead atoms. The van der Waals surface area contributed by atoms with Gasteiger partial charge in [0.25, 0.3) is 0 Å². The summed E-state index contributed by atoms with van der Waals surface area (Å²) in [4.78, 5) is 0. The Balaban J connectivity index is 1.26. The van der Waals surface area contributed by atoms with Gasteiger partial charge in [-0.05, 0) is 156 Å². The van der Waals surface area contributed by atoms with Crippen LogP contribution in [0, 0.1) is 17.8 Å². The molecule has 7 aromatic carbocycles. The maximum absolute atomic E-state index is 2.57. The molecule has 0 aliphatic heterocycles. The van der Waals surface area contributed by atoms with E-state index >= 15 is 0 Å². The Kier molecular flexibility index (Phi) is 5.72. The van der Waals surface area contributed by atoms with Crippen LogP contribution in [0.5, 0.6) is 0 Å². The van der Waals surface area contributed by atoms with E-state index in [1.807, 2.05) is 0 Å². The fourth-order valence-electron chi connectivity index (χ4n) is 12.0. The largest absolute Gasteiger partial charge is 0.0619 e. The van der Waals surface area contributed by atoms with Gasteiger partial charge < -0.3 is 0 Å². The molecule has 49 heavy (non-hydrogen) atoms. The van der Waals surface area contributed by atoms with Crippen molar-refractivity contribution in [1.29, 1.82) is 0 Å². The smallest absolute Gasteiger partial charge is 0.0159 e. The summed E-state index contributed by atoms with van der Waals surface area (Å²) in [7, 11) is 0. The monoisotopic (exact) mass is 630 g/mol. The highest BCUT2D eigenvalue weighted by atomic mass is 14.6. The molecular weight excluding hydrogens is 589 g/mol. The zero-order valence-corrected chi connectivity index (χ0v) is 28.6. The third kappa shape index (κ3) is 3.92.